The number of methoxy groups -OCH3 is 1. The molecule has 6 nitrogen and oxygen atoms in total. The number of ether oxygens (including phenoxy) is 1. The van der Waals surface area contributed by atoms with Crippen molar-refractivity contribution < 1.29 is 14.3 Å². The lowest BCUT2D eigenvalue weighted by Gasteiger charge is -2.15. The second-order valence-corrected chi connectivity index (χ2v) is 3.97. The first kappa shape index (κ1) is 13.5. The van der Waals surface area contributed by atoms with E-state index in [0.29, 0.717) is 10.7 Å². The lowest BCUT2D eigenvalue weighted by Crippen LogP contribution is -2.43. The van der Waals surface area contributed by atoms with Gasteiger partial charge in [-0.3, -0.25) is 9.48 Å². The van der Waals surface area contributed by atoms with Crippen molar-refractivity contribution in [3.63, 3.8) is 0 Å². The van der Waals surface area contributed by atoms with E-state index in [2.05, 4.69) is 15.2 Å². The van der Waals surface area contributed by atoms with E-state index in [4.69, 9.17) is 11.6 Å². The van der Waals surface area contributed by atoms with Gasteiger partial charge in [-0.25, -0.2) is 4.79 Å². The summed E-state index contributed by atoms with van der Waals surface area (Å²) >= 11 is 5.85. The third-order valence-electron chi connectivity index (χ3n) is 2.12. The summed E-state index contributed by atoms with van der Waals surface area (Å²) in [6.45, 7) is 3.27. The molecule has 0 saturated carbocycles. The topological polar surface area (TPSA) is 73.2 Å². The fourth-order valence-corrected chi connectivity index (χ4v) is 1.49. The summed E-state index contributed by atoms with van der Waals surface area (Å²) in [5, 5.41) is 7.10. The highest BCUT2D eigenvalue weighted by molar-refractivity contribution is 6.31. The van der Waals surface area contributed by atoms with Gasteiger partial charge in [0.1, 0.15) is 6.04 Å². The molecule has 0 spiro atoms. The van der Waals surface area contributed by atoms with Crippen molar-refractivity contribution in [2.45, 2.75) is 26.4 Å². The first-order valence-electron chi connectivity index (χ1n) is 4.98. The van der Waals surface area contributed by atoms with Crippen LogP contribution in [0.2, 0.25) is 5.02 Å². The number of rotatable bonds is 4. The number of aryl methyl sites for hydroxylation is 1. The van der Waals surface area contributed by atoms with Crippen LogP contribution in [0.1, 0.15) is 12.6 Å². The number of carbonyl (C=O) groups is 2. The van der Waals surface area contributed by atoms with E-state index in [0.717, 1.165) is 0 Å². The van der Waals surface area contributed by atoms with E-state index < -0.39 is 12.0 Å². The fraction of sp³-hybridized carbons (Fsp3) is 0.500. The molecule has 0 aliphatic heterocycles. The Hall–Kier alpha value is -1.56. The minimum absolute atomic E-state index is 0.180. The summed E-state index contributed by atoms with van der Waals surface area (Å²) < 4.78 is 6.09. The molecule has 1 heterocycles. The lowest BCUT2D eigenvalue weighted by molar-refractivity contribution is -0.145. The fourth-order valence-electron chi connectivity index (χ4n) is 1.34. The molecule has 17 heavy (non-hydrogen) atoms. The van der Waals surface area contributed by atoms with E-state index >= 15 is 0 Å². The highest BCUT2D eigenvalue weighted by Gasteiger charge is 2.21. The normalized spacial score (nSPS) is 12.0. The SMILES string of the molecule is COC(=O)C(Cn1cc(Cl)c(C)n1)NC(C)=O. The van der Waals surface area contributed by atoms with Crippen molar-refractivity contribution in [1.82, 2.24) is 15.1 Å². The molecular weight excluding hydrogens is 246 g/mol. The molecule has 0 aromatic carbocycles. The Morgan fingerprint density at radius 2 is 2.29 bits per heavy atom. The zero-order valence-corrected chi connectivity index (χ0v) is 10.6. The first-order valence-corrected chi connectivity index (χ1v) is 5.36. The van der Waals surface area contributed by atoms with Gasteiger partial charge < -0.3 is 10.1 Å². The summed E-state index contributed by atoms with van der Waals surface area (Å²) in [5.74, 6) is -0.833. The number of hydrogen-bond acceptors (Lipinski definition) is 4. The average Bonchev–Trinajstić information content (AvgIpc) is 2.55. The standard InChI is InChI=1S/C10H14ClN3O3/c1-6-8(11)4-14(13-6)5-9(10(16)17-3)12-7(2)15/h4,9H,5H2,1-3H3,(H,12,15). The molecule has 0 radical (unpaired) electrons. The highest BCUT2D eigenvalue weighted by Crippen LogP contribution is 2.12. The molecule has 1 aromatic heterocycles. The Labute approximate surface area is 104 Å². The smallest absolute Gasteiger partial charge is 0.330 e. The van der Waals surface area contributed by atoms with Crippen molar-refractivity contribution in [3.05, 3.63) is 16.9 Å². The van der Waals surface area contributed by atoms with Gasteiger partial charge in [0, 0.05) is 13.1 Å². The molecule has 1 rings (SSSR count). The molecule has 1 unspecified atom stereocenters. The van der Waals surface area contributed by atoms with Gasteiger partial charge in [0.05, 0.1) is 24.4 Å². The van der Waals surface area contributed by atoms with Crippen LogP contribution in [0.3, 0.4) is 0 Å². The summed E-state index contributed by atoms with van der Waals surface area (Å²) in [5.41, 5.74) is 0.665. The van der Waals surface area contributed by atoms with Crippen LogP contribution in [-0.2, 0) is 20.9 Å². The summed E-state index contributed by atoms with van der Waals surface area (Å²) in [6, 6.07) is -0.770. The summed E-state index contributed by atoms with van der Waals surface area (Å²) in [4.78, 5) is 22.4. The Morgan fingerprint density at radius 1 is 1.65 bits per heavy atom. The number of halogens is 1. The monoisotopic (exact) mass is 259 g/mol. The maximum absolute atomic E-state index is 11.4. The van der Waals surface area contributed by atoms with Gasteiger partial charge in [-0.05, 0) is 6.92 Å². The van der Waals surface area contributed by atoms with Crippen molar-refractivity contribution in [1.29, 1.82) is 0 Å². The number of nitrogens with one attached hydrogen (secondary N) is 1. The predicted octanol–water partition coefficient (Wildman–Crippen LogP) is 0.523. The van der Waals surface area contributed by atoms with Crippen LogP contribution in [0.15, 0.2) is 6.20 Å². The molecule has 1 N–H and O–H groups in total. The largest absolute Gasteiger partial charge is 0.467 e. The van der Waals surface area contributed by atoms with E-state index in [9.17, 15) is 9.59 Å². The number of carbonyl (C=O) groups excluding carboxylic acids is 2. The van der Waals surface area contributed by atoms with Gasteiger partial charge in [0.25, 0.3) is 0 Å². The highest BCUT2D eigenvalue weighted by atomic mass is 35.5. The maximum Gasteiger partial charge on any atom is 0.330 e. The van der Waals surface area contributed by atoms with Crippen LogP contribution >= 0.6 is 11.6 Å². The maximum atomic E-state index is 11.4. The minimum atomic E-state index is -0.770. The number of nitrogens with zero attached hydrogens (tertiary/aromatic N) is 2. The van der Waals surface area contributed by atoms with Crippen molar-refractivity contribution >= 4 is 23.5 Å². The zero-order chi connectivity index (χ0) is 13.0. The zero-order valence-electron chi connectivity index (χ0n) is 9.86. The van der Waals surface area contributed by atoms with Crippen LogP contribution < -0.4 is 5.32 Å². The Morgan fingerprint density at radius 3 is 2.71 bits per heavy atom. The lowest BCUT2D eigenvalue weighted by atomic mass is 10.3. The first-order chi connectivity index (χ1) is 7.93. The second kappa shape index (κ2) is 5.67. The Bertz CT molecular complexity index is 411. The summed E-state index contributed by atoms with van der Waals surface area (Å²) in [7, 11) is 1.26. The molecule has 1 amide bonds. The molecule has 0 bridgehead atoms. The van der Waals surface area contributed by atoms with E-state index in [1.165, 1.54) is 18.7 Å². The Kier molecular flexibility index (Phi) is 4.51. The second-order valence-electron chi connectivity index (χ2n) is 3.56. The third-order valence-corrected chi connectivity index (χ3v) is 2.49. The molecular formula is C10H14ClN3O3. The number of hydrogen-bond donors (Lipinski definition) is 1. The predicted molar refractivity (Wildman–Crippen MR) is 61.6 cm³/mol. The Balaban J connectivity index is 2.78. The van der Waals surface area contributed by atoms with Crippen molar-refractivity contribution in [3.8, 4) is 0 Å². The van der Waals surface area contributed by atoms with E-state index in [-0.39, 0.29) is 12.5 Å². The molecule has 0 aliphatic carbocycles. The van der Waals surface area contributed by atoms with E-state index in [1.807, 2.05) is 0 Å². The van der Waals surface area contributed by atoms with Gasteiger partial charge in [-0.15, -0.1) is 0 Å². The van der Waals surface area contributed by atoms with Gasteiger partial charge in [0.15, 0.2) is 0 Å². The molecule has 7 heteroatoms. The van der Waals surface area contributed by atoms with Crippen LogP contribution in [0.4, 0.5) is 0 Å². The molecule has 0 saturated heterocycles. The number of esters is 1. The van der Waals surface area contributed by atoms with Crippen molar-refractivity contribution in [2.24, 2.45) is 0 Å². The average molecular weight is 260 g/mol. The molecule has 0 fully saturated rings. The molecule has 0 aliphatic rings. The van der Waals surface area contributed by atoms with Crippen LogP contribution in [0.5, 0.6) is 0 Å². The van der Waals surface area contributed by atoms with Crippen LogP contribution in [0, 0.1) is 6.92 Å². The van der Waals surface area contributed by atoms with Gasteiger partial charge >= 0.3 is 5.97 Å². The van der Waals surface area contributed by atoms with Crippen LogP contribution in [-0.4, -0.2) is 34.8 Å². The van der Waals surface area contributed by atoms with E-state index in [1.54, 1.807) is 13.1 Å². The number of aromatic nitrogens is 2. The van der Waals surface area contributed by atoms with Crippen LogP contribution in [0.25, 0.3) is 0 Å². The number of amides is 1. The summed E-state index contributed by atoms with van der Waals surface area (Å²) in [6.07, 6.45) is 1.59. The van der Waals surface area contributed by atoms with Gasteiger partial charge in [-0.1, -0.05) is 11.6 Å². The van der Waals surface area contributed by atoms with Gasteiger partial charge in [0.2, 0.25) is 5.91 Å². The quantitative estimate of drug-likeness (QED) is 0.801. The minimum Gasteiger partial charge on any atom is -0.467 e. The third kappa shape index (κ3) is 3.74. The van der Waals surface area contributed by atoms with Crippen molar-refractivity contribution in [2.75, 3.05) is 7.11 Å². The molecule has 94 valence electrons. The van der Waals surface area contributed by atoms with Gasteiger partial charge in [-0.2, -0.15) is 5.10 Å². The molecule has 1 atom stereocenters. The molecule has 1 aromatic rings.